The number of benzene rings is 1. The molecular weight excluding hydrogens is 172 g/mol. The second-order valence-corrected chi connectivity index (χ2v) is 4.02. The van der Waals surface area contributed by atoms with Gasteiger partial charge < -0.3 is 5.32 Å². The standard InChI is InChI=1S/C12H14N2/c1-9-4-11(7-13)6-12(5-9)14-8-10-2-3-10/h4-6,10,14H,2-3,8H2,1H3. The zero-order valence-electron chi connectivity index (χ0n) is 8.38. The lowest BCUT2D eigenvalue weighted by Crippen LogP contribution is -2.03. The van der Waals surface area contributed by atoms with E-state index in [4.69, 9.17) is 5.26 Å². The van der Waals surface area contributed by atoms with Crippen LogP contribution in [-0.4, -0.2) is 6.54 Å². The second kappa shape index (κ2) is 3.71. The van der Waals surface area contributed by atoms with E-state index in [-0.39, 0.29) is 0 Å². The number of rotatable bonds is 3. The van der Waals surface area contributed by atoms with Crippen LogP contribution in [-0.2, 0) is 0 Å². The van der Waals surface area contributed by atoms with Crippen molar-refractivity contribution in [3.63, 3.8) is 0 Å². The van der Waals surface area contributed by atoms with E-state index in [1.807, 2.05) is 19.1 Å². The summed E-state index contributed by atoms with van der Waals surface area (Å²) in [5, 5.41) is 12.2. The van der Waals surface area contributed by atoms with E-state index in [0.29, 0.717) is 0 Å². The summed E-state index contributed by atoms with van der Waals surface area (Å²) >= 11 is 0. The van der Waals surface area contributed by atoms with Crippen LogP contribution >= 0.6 is 0 Å². The van der Waals surface area contributed by atoms with Crippen molar-refractivity contribution in [3.8, 4) is 6.07 Å². The molecule has 0 saturated heterocycles. The number of nitrogens with one attached hydrogen (secondary N) is 1. The molecule has 2 rings (SSSR count). The van der Waals surface area contributed by atoms with Gasteiger partial charge in [0.1, 0.15) is 0 Å². The van der Waals surface area contributed by atoms with Gasteiger partial charge in [0.05, 0.1) is 11.6 Å². The van der Waals surface area contributed by atoms with Crippen LogP contribution in [0.4, 0.5) is 5.69 Å². The number of hydrogen-bond acceptors (Lipinski definition) is 2. The molecule has 0 aliphatic heterocycles. The van der Waals surface area contributed by atoms with Crippen molar-refractivity contribution in [1.82, 2.24) is 0 Å². The average Bonchev–Trinajstić information content (AvgIpc) is 2.97. The molecule has 1 aliphatic carbocycles. The Balaban J connectivity index is 2.07. The minimum absolute atomic E-state index is 0.739. The van der Waals surface area contributed by atoms with Gasteiger partial charge in [-0.1, -0.05) is 0 Å². The van der Waals surface area contributed by atoms with Gasteiger partial charge in [0.2, 0.25) is 0 Å². The smallest absolute Gasteiger partial charge is 0.0992 e. The molecular formula is C12H14N2. The van der Waals surface area contributed by atoms with Gasteiger partial charge >= 0.3 is 0 Å². The summed E-state index contributed by atoms with van der Waals surface area (Å²) in [4.78, 5) is 0. The van der Waals surface area contributed by atoms with Crippen molar-refractivity contribution < 1.29 is 0 Å². The molecule has 1 saturated carbocycles. The van der Waals surface area contributed by atoms with Crippen molar-refractivity contribution >= 4 is 5.69 Å². The van der Waals surface area contributed by atoms with Crippen molar-refractivity contribution in [3.05, 3.63) is 29.3 Å². The monoisotopic (exact) mass is 186 g/mol. The predicted molar refractivity (Wildman–Crippen MR) is 57.1 cm³/mol. The minimum atomic E-state index is 0.739. The Labute approximate surface area is 84.6 Å². The third-order valence-electron chi connectivity index (χ3n) is 2.50. The molecule has 2 nitrogen and oxygen atoms in total. The fourth-order valence-electron chi connectivity index (χ4n) is 1.53. The van der Waals surface area contributed by atoms with Gasteiger partial charge in [-0.2, -0.15) is 5.26 Å². The zero-order chi connectivity index (χ0) is 9.97. The van der Waals surface area contributed by atoms with Crippen LogP contribution in [0.25, 0.3) is 0 Å². The Morgan fingerprint density at radius 2 is 2.21 bits per heavy atom. The maximum atomic E-state index is 8.80. The van der Waals surface area contributed by atoms with E-state index in [9.17, 15) is 0 Å². The van der Waals surface area contributed by atoms with Gasteiger partial charge in [0.25, 0.3) is 0 Å². The molecule has 0 heterocycles. The van der Waals surface area contributed by atoms with Crippen LogP contribution in [0.15, 0.2) is 18.2 Å². The molecule has 72 valence electrons. The molecule has 1 N–H and O–H groups in total. The van der Waals surface area contributed by atoms with Crippen LogP contribution in [0.5, 0.6) is 0 Å². The maximum Gasteiger partial charge on any atom is 0.0992 e. The van der Waals surface area contributed by atoms with Gasteiger partial charge in [-0.15, -0.1) is 0 Å². The average molecular weight is 186 g/mol. The van der Waals surface area contributed by atoms with Crippen LogP contribution < -0.4 is 5.32 Å². The molecule has 0 unspecified atom stereocenters. The first kappa shape index (κ1) is 9.08. The number of anilines is 1. The first-order chi connectivity index (χ1) is 6.78. The second-order valence-electron chi connectivity index (χ2n) is 4.02. The quantitative estimate of drug-likeness (QED) is 0.787. The molecule has 0 aromatic heterocycles. The third-order valence-corrected chi connectivity index (χ3v) is 2.50. The number of nitriles is 1. The molecule has 1 fully saturated rings. The predicted octanol–water partition coefficient (Wildman–Crippen LogP) is 2.69. The summed E-state index contributed by atoms with van der Waals surface area (Å²) in [6.45, 7) is 3.07. The summed E-state index contributed by atoms with van der Waals surface area (Å²) in [5.41, 5.74) is 2.96. The normalized spacial score (nSPS) is 14.9. The first-order valence-corrected chi connectivity index (χ1v) is 5.03. The highest BCUT2D eigenvalue weighted by Gasteiger charge is 2.20. The summed E-state index contributed by atoms with van der Waals surface area (Å²) in [7, 11) is 0. The molecule has 0 atom stereocenters. The van der Waals surface area contributed by atoms with Gasteiger partial charge in [0.15, 0.2) is 0 Å². The molecule has 0 spiro atoms. The first-order valence-electron chi connectivity index (χ1n) is 5.03. The van der Waals surface area contributed by atoms with Crippen LogP contribution in [0.1, 0.15) is 24.0 Å². The molecule has 1 aromatic carbocycles. The molecule has 0 bridgehead atoms. The van der Waals surface area contributed by atoms with Crippen LogP contribution in [0, 0.1) is 24.2 Å². The Bertz CT molecular complexity index is 372. The highest BCUT2D eigenvalue weighted by molar-refractivity contribution is 5.51. The summed E-state index contributed by atoms with van der Waals surface area (Å²) < 4.78 is 0. The van der Waals surface area contributed by atoms with Crippen LogP contribution in [0.3, 0.4) is 0 Å². The molecule has 14 heavy (non-hydrogen) atoms. The largest absolute Gasteiger partial charge is 0.385 e. The number of hydrogen-bond donors (Lipinski definition) is 1. The van der Waals surface area contributed by atoms with E-state index in [1.54, 1.807) is 0 Å². The summed E-state index contributed by atoms with van der Waals surface area (Å²) in [6, 6.07) is 8.08. The lowest BCUT2D eigenvalue weighted by atomic mass is 10.1. The Morgan fingerprint density at radius 1 is 1.43 bits per heavy atom. The molecule has 2 heteroatoms. The highest BCUT2D eigenvalue weighted by atomic mass is 14.9. The van der Waals surface area contributed by atoms with Gasteiger partial charge in [-0.25, -0.2) is 0 Å². The SMILES string of the molecule is Cc1cc(C#N)cc(NCC2CC2)c1. The fraction of sp³-hybridized carbons (Fsp3) is 0.417. The topological polar surface area (TPSA) is 35.8 Å². The van der Waals surface area contributed by atoms with Gasteiger partial charge in [-0.3, -0.25) is 0 Å². The van der Waals surface area contributed by atoms with E-state index in [1.165, 1.54) is 12.8 Å². The zero-order valence-corrected chi connectivity index (χ0v) is 8.38. The molecule has 1 aromatic rings. The fourth-order valence-corrected chi connectivity index (χ4v) is 1.53. The number of nitrogens with zero attached hydrogens (tertiary/aromatic N) is 1. The Kier molecular flexibility index (Phi) is 2.41. The maximum absolute atomic E-state index is 8.80. The van der Waals surface area contributed by atoms with Crippen molar-refractivity contribution in [2.45, 2.75) is 19.8 Å². The van der Waals surface area contributed by atoms with Crippen LogP contribution in [0.2, 0.25) is 0 Å². The summed E-state index contributed by atoms with van der Waals surface area (Å²) in [6.07, 6.45) is 2.70. The molecule has 1 aliphatic rings. The van der Waals surface area contributed by atoms with E-state index >= 15 is 0 Å². The van der Waals surface area contributed by atoms with Crippen molar-refractivity contribution in [1.29, 1.82) is 5.26 Å². The van der Waals surface area contributed by atoms with Crippen molar-refractivity contribution in [2.75, 3.05) is 11.9 Å². The molecule has 0 amide bonds. The lowest BCUT2D eigenvalue weighted by molar-refractivity contribution is 0.889. The Hall–Kier alpha value is -1.49. The van der Waals surface area contributed by atoms with E-state index in [2.05, 4.69) is 17.5 Å². The highest BCUT2D eigenvalue weighted by Crippen LogP contribution is 2.29. The molecule has 0 radical (unpaired) electrons. The Morgan fingerprint density at radius 3 is 2.86 bits per heavy atom. The van der Waals surface area contributed by atoms with E-state index < -0.39 is 0 Å². The number of aryl methyl sites for hydroxylation is 1. The summed E-state index contributed by atoms with van der Waals surface area (Å²) in [5.74, 6) is 0.862. The third kappa shape index (κ3) is 2.26. The van der Waals surface area contributed by atoms with E-state index in [0.717, 1.165) is 29.3 Å². The van der Waals surface area contributed by atoms with Gasteiger partial charge in [-0.05, 0) is 49.4 Å². The minimum Gasteiger partial charge on any atom is -0.385 e. The van der Waals surface area contributed by atoms with Gasteiger partial charge in [0, 0.05) is 12.2 Å². The van der Waals surface area contributed by atoms with Crippen molar-refractivity contribution in [2.24, 2.45) is 5.92 Å². The lowest BCUT2D eigenvalue weighted by Gasteiger charge is -2.06.